The Morgan fingerprint density at radius 1 is 1.00 bits per heavy atom. The van der Waals surface area contributed by atoms with Gasteiger partial charge in [-0.3, -0.25) is 0 Å². The number of benzene rings is 2. The molecule has 0 unspecified atom stereocenters. The molecule has 0 spiro atoms. The number of ether oxygens (including phenoxy) is 2. The zero-order valence-corrected chi connectivity index (χ0v) is 15.4. The Bertz CT molecular complexity index is 740. The first-order valence-corrected chi connectivity index (χ1v) is 9.89. The molecule has 2 heterocycles. The lowest BCUT2D eigenvalue weighted by Crippen LogP contribution is -2.35. The molecule has 0 amide bonds. The monoisotopic (exact) mass is 354 g/mol. The van der Waals surface area contributed by atoms with Crippen LogP contribution in [0.4, 0.5) is 4.39 Å². The van der Waals surface area contributed by atoms with Crippen molar-refractivity contribution < 1.29 is 13.9 Å². The summed E-state index contributed by atoms with van der Waals surface area (Å²) < 4.78 is 25.5. The van der Waals surface area contributed by atoms with E-state index < -0.39 is 0 Å². The molecule has 2 aromatic carbocycles. The summed E-state index contributed by atoms with van der Waals surface area (Å²) in [5.41, 5.74) is 3.22. The molecular weight excluding hydrogens is 327 g/mol. The number of unbranched alkanes of at least 4 members (excludes halogenated alkanes) is 2. The van der Waals surface area contributed by atoms with Gasteiger partial charge in [-0.1, -0.05) is 50.5 Å². The lowest BCUT2D eigenvalue weighted by Gasteiger charge is -2.40. The Morgan fingerprint density at radius 3 is 2.62 bits per heavy atom. The lowest BCUT2D eigenvalue weighted by atomic mass is 9.81. The minimum atomic E-state index is -0.213. The summed E-state index contributed by atoms with van der Waals surface area (Å²) in [5.74, 6) is 1.83. The third kappa shape index (κ3) is 3.64. The highest BCUT2D eigenvalue weighted by atomic mass is 19.1. The van der Waals surface area contributed by atoms with Crippen molar-refractivity contribution in [3.63, 3.8) is 0 Å². The minimum Gasteiger partial charge on any atom is -0.493 e. The van der Waals surface area contributed by atoms with Crippen LogP contribution < -0.4 is 4.74 Å². The van der Waals surface area contributed by atoms with Crippen LogP contribution in [-0.2, 0) is 4.74 Å². The highest BCUT2D eigenvalue weighted by Gasteiger charge is 2.37. The van der Waals surface area contributed by atoms with Crippen molar-refractivity contribution in [2.45, 2.75) is 45.1 Å². The van der Waals surface area contributed by atoms with E-state index >= 15 is 0 Å². The molecule has 1 saturated heterocycles. The summed E-state index contributed by atoms with van der Waals surface area (Å²) in [7, 11) is 0. The van der Waals surface area contributed by atoms with E-state index in [0.29, 0.717) is 11.8 Å². The first-order chi connectivity index (χ1) is 12.7. The van der Waals surface area contributed by atoms with E-state index in [2.05, 4.69) is 25.1 Å². The summed E-state index contributed by atoms with van der Waals surface area (Å²) >= 11 is 0. The summed E-state index contributed by atoms with van der Waals surface area (Å²) in [6, 6.07) is 12.9. The second kappa shape index (κ2) is 7.79. The Kier molecular flexibility index (Phi) is 5.26. The molecule has 0 aliphatic carbocycles. The fourth-order valence-corrected chi connectivity index (χ4v) is 4.29. The van der Waals surface area contributed by atoms with Crippen molar-refractivity contribution in [2.24, 2.45) is 11.8 Å². The largest absolute Gasteiger partial charge is 0.493 e. The summed E-state index contributed by atoms with van der Waals surface area (Å²) in [5, 5.41) is 0. The maximum Gasteiger partial charge on any atom is 0.125 e. The molecule has 26 heavy (non-hydrogen) atoms. The van der Waals surface area contributed by atoms with Gasteiger partial charge in [-0.15, -0.1) is 0 Å². The van der Waals surface area contributed by atoms with Crippen molar-refractivity contribution in [3.05, 3.63) is 53.8 Å². The number of rotatable bonds is 5. The lowest BCUT2D eigenvalue weighted by molar-refractivity contribution is -0.0835. The zero-order valence-electron chi connectivity index (χ0n) is 15.4. The highest BCUT2D eigenvalue weighted by molar-refractivity contribution is 5.66. The molecule has 1 fully saturated rings. The van der Waals surface area contributed by atoms with Gasteiger partial charge in [0.1, 0.15) is 11.6 Å². The molecule has 0 saturated carbocycles. The third-order valence-corrected chi connectivity index (χ3v) is 5.74. The Hall–Kier alpha value is -1.87. The van der Waals surface area contributed by atoms with Crippen molar-refractivity contribution >= 4 is 0 Å². The van der Waals surface area contributed by atoms with Crippen LogP contribution in [0.15, 0.2) is 42.5 Å². The molecule has 0 aromatic heterocycles. The van der Waals surface area contributed by atoms with Crippen molar-refractivity contribution in [2.75, 3.05) is 13.2 Å². The molecule has 138 valence electrons. The number of hydrogen-bond donors (Lipinski definition) is 0. The first kappa shape index (κ1) is 17.5. The number of fused-ring (bicyclic) bond motifs is 3. The van der Waals surface area contributed by atoms with Gasteiger partial charge in [0.2, 0.25) is 0 Å². The van der Waals surface area contributed by atoms with Gasteiger partial charge in [-0.25, -0.2) is 4.39 Å². The van der Waals surface area contributed by atoms with Crippen LogP contribution in [0.5, 0.6) is 5.75 Å². The standard InChI is InChI=1S/C23H27FO2/c1-2-3-4-5-16-12-19-15-25-22-13-18(17-6-9-20(24)10-7-17)8-11-21(22)23(19)26-14-16/h6-11,13,16,19,23H,2-5,12,14-15H2,1H3/t16-,19-,23+/m0/s1. The van der Waals surface area contributed by atoms with Crippen molar-refractivity contribution in [1.29, 1.82) is 0 Å². The highest BCUT2D eigenvalue weighted by Crippen LogP contribution is 2.45. The van der Waals surface area contributed by atoms with Crippen LogP contribution in [0.2, 0.25) is 0 Å². The van der Waals surface area contributed by atoms with E-state index in [0.717, 1.165) is 30.1 Å². The Balaban J connectivity index is 1.48. The second-order valence-corrected chi connectivity index (χ2v) is 7.68. The Labute approximate surface area is 155 Å². The van der Waals surface area contributed by atoms with Crippen LogP contribution in [0.3, 0.4) is 0 Å². The Morgan fingerprint density at radius 2 is 1.81 bits per heavy atom. The smallest absolute Gasteiger partial charge is 0.125 e. The average Bonchev–Trinajstić information content (AvgIpc) is 2.68. The molecule has 4 rings (SSSR count). The number of hydrogen-bond acceptors (Lipinski definition) is 2. The molecule has 3 heteroatoms. The van der Waals surface area contributed by atoms with Crippen LogP contribution >= 0.6 is 0 Å². The number of halogens is 1. The van der Waals surface area contributed by atoms with E-state index in [1.54, 1.807) is 12.1 Å². The molecule has 3 atom stereocenters. The third-order valence-electron chi connectivity index (χ3n) is 5.74. The van der Waals surface area contributed by atoms with Crippen LogP contribution in [-0.4, -0.2) is 13.2 Å². The second-order valence-electron chi connectivity index (χ2n) is 7.68. The van der Waals surface area contributed by atoms with Crippen LogP contribution in [0.1, 0.15) is 50.7 Å². The first-order valence-electron chi connectivity index (χ1n) is 9.89. The predicted molar refractivity (Wildman–Crippen MR) is 102 cm³/mol. The SMILES string of the molecule is CCCCC[C@@H]1CO[C@H]2c3ccc(-c4ccc(F)cc4)cc3OC[C@@H]2C1. The maximum absolute atomic E-state index is 13.1. The fourth-order valence-electron chi connectivity index (χ4n) is 4.29. The van der Waals surface area contributed by atoms with Gasteiger partial charge in [-0.05, 0) is 48.1 Å². The van der Waals surface area contributed by atoms with Gasteiger partial charge in [0.05, 0.1) is 19.3 Å². The average molecular weight is 354 g/mol. The predicted octanol–water partition coefficient (Wildman–Crippen LogP) is 6.16. The quantitative estimate of drug-likeness (QED) is 0.599. The topological polar surface area (TPSA) is 18.5 Å². The van der Waals surface area contributed by atoms with Gasteiger partial charge in [0.25, 0.3) is 0 Å². The molecule has 0 radical (unpaired) electrons. The van der Waals surface area contributed by atoms with E-state index in [4.69, 9.17) is 9.47 Å². The van der Waals surface area contributed by atoms with Gasteiger partial charge >= 0.3 is 0 Å². The summed E-state index contributed by atoms with van der Waals surface area (Å²) in [6.45, 7) is 3.85. The summed E-state index contributed by atoms with van der Waals surface area (Å²) in [6.07, 6.45) is 6.52. The van der Waals surface area contributed by atoms with E-state index in [-0.39, 0.29) is 11.9 Å². The molecule has 2 aliphatic rings. The van der Waals surface area contributed by atoms with Gasteiger partial charge in [0, 0.05) is 11.5 Å². The van der Waals surface area contributed by atoms with Crippen LogP contribution in [0, 0.1) is 17.7 Å². The van der Waals surface area contributed by atoms with Crippen LogP contribution in [0.25, 0.3) is 11.1 Å². The maximum atomic E-state index is 13.1. The van der Waals surface area contributed by atoms with E-state index in [9.17, 15) is 4.39 Å². The molecule has 2 aliphatic heterocycles. The van der Waals surface area contributed by atoms with E-state index in [1.165, 1.54) is 49.8 Å². The molecule has 0 bridgehead atoms. The summed E-state index contributed by atoms with van der Waals surface area (Å²) in [4.78, 5) is 0. The molecule has 2 nitrogen and oxygen atoms in total. The van der Waals surface area contributed by atoms with Crippen molar-refractivity contribution in [1.82, 2.24) is 0 Å². The zero-order chi connectivity index (χ0) is 17.9. The van der Waals surface area contributed by atoms with Gasteiger partial charge < -0.3 is 9.47 Å². The molecule has 0 N–H and O–H groups in total. The fraction of sp³-hybridized carbons (Fsp3) is 0.478. The van der Waals surface area contributed by atoms with Gasteiger partial charge in [0.15, 0.2) is 0 Å². The van der Waals surface area contributed by atoms with Gasteiger partial charge in [-0.2, -0.15) is 0 Å². The van der Waals surface area contributed by atoms with Crippen molar-refractivity contribution in [3.8, 4) is 16.9 Å². The molecular formula is C23H27FO2. The van der Waals surface area contributed by atoms with E-state index in [1.807, 2.05) is 0 Å². The minimum absolute atomic E-state index is 0.156. The normalized spacial score (nSPS) is 24.5. The molecule has 2 aromatic rings.